The van der Waals surface area contributed by atoms with Crippen LogP contribution in [0.1, 0.15) is 33.1 Å². The zero-order chi connectivity index (χ0) is 20.2. The van der Waals surface area contributed by atoms with Gasteiger partial charge in [0.05, 0.1) is 0 Å². The zero-order valence-corrected chi connectivity index (χ0v) is 19.7. The second-order valence-corrected chi connectivity index (χ2v) is 4.65. The molecule has 0 fully saturated rings. The maximum absolute atomic E-state index is 9.37. The topological polar surface area (TPSA) is 74.6 Å². The molecule has 0 bridgehead atoms. The third-order valence-electron chi connectivity index (χ3n) is 2.74. The van der Waals surface area contributed by atoms with Crippen LogP contribution in [0.4, 0.5) is 0 Å². The van der Waals surface area contributed by atoms with Crippen LogP contribution in [0.5, 0.6) is 0 Å². The van der Waals surface area contributed by atoms with Gasteiger partial charge < -0.3 is 25.1 Å². The quantitative estimate of drug-likeness (QED) is 0.494. The number of benzene rings is 1. The van der Waals surface area contributed by atoms with E-state index in [0.717, 1.165) is 6.42 Å². The van der Waals surface area contributed by atoms with Crippen molar-refractivity contribution in [1.82, 2.24) is 0 Å². The number of hydrogen-bond donors (Lipinski definition) is 2. The summed E-state index contributed by atoms with van der Waals surface area (Å²) in [6.45, 7) is 3.20. The van der Waals surface area contributed by atoms with E-state index in [9.17, 15) is 9.59 Å². The van der Waals surface area contributed by atoms with Crippen LogP contribution >= 0.6 is 0 Å². The van der Waals surface area contributed by atoms with Crippen molar-refractivity contribution in [2.45, 2.75) is 33.1 Å². The SMILES string of the molecule is CCC(=O)O.CCC(=O)O.[C-]1=CC=CC1.[CH3-].[CH3-].[Si]=[Ti].c1ccc2[cH-]ccc2c1. The summed E-state index contributed by atoms with van der Waals surface area (Å²) in [6, 6.07) is 14.7. The number of carboxylic acids is 2. The maximum Gasteiger partial charge on any atom is -0.0809 e. The average molecular weight is 434 g/mol. The Balaban J connectivity index is -0.000000136. The van der Waals surface area contributed by atoms with E-state index in [1.165, 1.54) is 10.8 Å². The Hall–Kier alpha value is -1.82. The second kappa shape index (κ2) is 25.2. The maximum atomic E-state index is 9.37. The molecule has 154 valence electrons. The molecule has 2 aromatic carbocycles. The van der Waals surface area contributed by atoms with Crippen LogP contribution in [0.25, 0.3) is 10.8 Å². The minimum Gasteiger partial charge on any atom is -0.168 e. The van der Waals surface area contributed by atoms with Crippen molar-refractivity contribution in [2.75, 3.05) is 0 Å². The van der Waals surface area contributed by atoms with Crippen LogP contribution in [0, 0.1) is 20.9 Å². The van der Waals surface area contributed by atoms with Crippen molar-refractivity contribution in [3.05, 3.63) is 81.6 Å². The molecule has 4 nitrogen and oxygen atoms in total. The Morgan fingerprint density at radius 2 is 1.57 bits per heavy atom. The Morgan fingerprint density at radius 3 is 1.89 bits per heavy atom. The molecule has 1 aliphatic carbocycles. The van der Waals surface area contributed by atoms with Gasteiger partial charge in [-0.2, -0.15) is 23.6 Å². The zero-order valence-electron chi connectivity index (χ0n) is 17.1. The van der Waals surface area contributed by atoms with Crippen LogP contribution in [0.3, 0.4) is 0 Å². The first-order chi connectivity index (χ1) is 12.5. The van der Waals surface area contributed by atoms with E-state index in [1.807, 2.05) is 12.2 Å². The van der Waals surface area contributed by atoms with E-state index in [2.05, 4.69) is 62.2 Å². The molecule has 2 N–H and O–H groups in total. The summed E-state index contributed by atoms with van der Waals surface area (Å²) in [5, 5.41) is 18.1. The van der Waals surface area contributed by atoms with Gasteiger partial charge in [-0.3, -0.25) is 15.7 Å². The van der Waals surface area contributed by atoms with Crippen molar-refractivity contribution >= 4 is 30.3 Å². The van der Waals surface area contributed by atoms with E-state index >= 15 is 0 Å². The fourth-order valence-electron chi connectivity index (χ4n) is 1.41. The molecule has 6 heteroatoms. The monoisotopic (exact) mass is 434 g/mol. The van der Waals surface area contributed by atoms with Crippen LogP contribution in [-0.4, -0.2) is 29.8 Å². The first-order valence-corrected chi connectivity index (χ1v) is 10.9. The molecule has 0 spiro atoms. The van der Waals surface area contributed by atoms with Gasteiger partial charge in [-0.05, 0) is 0 Å². The van der Waals surface area contributed by atoms with Gasteiger partial charge in [0, 0.05) is 12.8 Å². The predicted molar refractivity (Wildman–Crippen MR) is 116 cm³/mol. The van der Waals surface area contributed by atoms with Crippen LogP contribution in [0.15, 0.2) is 60.7 Å². The second-order valence-electron chi connectivity index (χ2n) is 4.65. The normalized spacial score (nSPS) is 9.18. The van der Waals surface area contributed by atoms with E-state index < -0.39 is 11.9 Å². The van der Waals surface area contributed by atoms with Gasteiger partial charge in [0.1, 0.15) is 0 Å². The van der Waals surface area contributed by atoms with Gasteiger partial charge >= 0.3 is 38.7 Å². The molecule has 2 radical (unpaired) electrons. The number of carboxylic acid groups (broad SMARTS) is 2. The van der Waals surface area contributed by atoms with E-state index in [-0.39, 0.29) is 27.7 Å². The fraction of sp³-hybridized carbons (Fsp3) is 0.227. The molecular weight excluding hydrogens is 404 g/mol. The number of rotatable bonds is 2. The molecule has 28 heavy (non-hydrogen) atoms. The Labute approximate surface area is 183 Å². The van der Waals surface area contributed by atoms with Crippen LogP contribution in [-0.2, 0) is 28.8 Å². The third-order valence-corrected chi connectivity index (χ3v) is 2.74. The molecule has 0 heterocycles. The molecule has 0 aromatic heterocycles. The summed E-state index contributed by atoms with van der Waals surface area (Å²) in [4.78, 5) is 18.7. The summed E-state index contributed by atoms with van der Waals surface area (Å²) >= 11 is 1.81. The summed E-state index contributed by atoms with van der Waals surface area (Å²) in [5.74, 6) is -1.49. The molecular formula is C22H30O4SiTi-4. The van der Waals surface area contributed by atoms with E-state index in [0.29, 0.717) is 0 Å². The molecule has 0 aliphatic heterocycles. The van der Waals surface area contributed by atoms with Gasteiger partial charge in [-0.15, -0.1) is 36.1 Å². The molecule has 0 saturated heterocycles. The fourth-order valence-corrected chi connectivity index (χ4v) is 1.41. The minimum atomic E-state index is -0.745. The van der Waals surface area contributed by atoms with Gasteiger partial charge in [-0.1, -0.05) is 19.9 Å². The largest absolute Gasteiger partial charge is 0.168 e. The predicted octanol–water partition coefficient (Wildman–Crippen LogP) is 5.34. The van der Waals surface area contributed by atoms with Crippen molar-refractivity contribution in [3.8, 4) is 0 Å². The summed E-state index contributed by atoms with van der Waals surface area (Å²) < 4.78 is 0. The molecule has 0 unspecified atom stereocenters. The first kappa shape index (κ1) is 33.7. The van der Waals surface area contributed by atoms with Crippen molar-refractivity contribution in [3.63, 3.8) is 0 Å². The summed E-state index contributed by atoms with van der Waals surface area (Å²) in [6.07, 6.45) is 10.4. The first-order valence-electron chi connectivity index (χ1n) is 8.02. The minimum absolute atomic E-state index is 0. The number of hydrogen-bond acceptors (Lipinski definition) is 2. The number of allylic oxidation sites excluding steroid dienone is 4. The number of fused-ring (bicyclic) bond motifs is 1. The smallest absolute Gasteiger partial charge is 0.0809 e. The van der Waals surface area contributed by atoms with Gasteiger partial charge in [0.2, 0.25) is 0 Å². The molecule has 2 aromatic rings. The van der Waals surface area contributed by atoms with Gasteiger partial charge in [-0.25, -0.2) is 12.2 Å². The Kier molecular flexibility index (Phi) is 30.3. The standard InChI is InChI=1S/C9H7.C5H5.2C3H6O2.2CH3.Si.Ti/c1-2-5-9-7-3-6-8(9)4-1;1-2-4-5-3-1;2*1-2-3(4)5;;;;/h1-7H;1-3H,4H2;2*2H2,1H3,(H,4,5);2*1H3;;/q2*-1;;;2*-1;;. The molecule has 3 rings (SSSR count). The third kappa shape index (κ3) is 22.2. The number of carbonyl (C=O) groups is 2. The molecule has 0 amide bonds. The molecule has 0 atom stereocenters. The van der Waals surface area contributed by atoms with E-state index in [4.69, 9.17) is 10.2 Å². The summed E-state index contributed by atoms with van der Waals surface area (Å²) in [7, 11) is 2.97. The molecule has 0 saturated carbocycles. The summed E-state index contributed by atoms with van der Waals surface area (Å²) in [5.41, 5.74) is 0. The van der Waals surface area contributed by atoms with Crippen molar-refractivity contribution in [2.24, 2.45) is 0 Å². The Morgan fingerprint density at radius 1 is 1.07 bits per heavy atom. The van der Waals surface area contributed by atoms with Crippen molar-refractivity contribution < 1.29 is 39.0 Å². The van der Waals surface area contributed by atoms with Crippen molar-refractivity contribution in [1.29, 1.82) is 0 Å². The van der Waals surface area contributed by atoms with Crippen LogP contribution < -0.4 is 0 Å². The van der Waals surface area contributed by atoms with Gasteiger partial charge in [0.25, 0.3) is 0 Å². The number of aliphatic carboxylic acids is 2. The van der Waals surface area contributed by atoms with Gasteiger partial charge in [0.15, 0.2) is 0 Å². The molecule has 1 aliphatic rings. The Bertz CT molecular complexity index is 624. The van der Waals surface area contributed by atoms with E-state index in [1.54, 1.807) is 33.0 Å². The van der Waals surface area contributed by atoms with Crippen LogP contribution in [0.2, 0.25) is 0 Å². The average Bonchev–Trinajstić information content (AvgIpc) is 3.38.